The molecule has 14 heavy (non-hydrogen) atoms. The minimum absolute atomic E-state index is 0.0254. The third-order valence-corrected chi connectivity index (χ3v) is 1.62. The summed E-state index contributed by atoms with van der Waals surface area (Å²) < 4.78 is 29.4. The molecule has 0 fully saturated rings. The molecule has 0 aliphatic rings. The lowest BCUT2D eigenvalue weighted by Crippen LogP contribution is -2.04. The number of nitrogens with zero attached hydrogens (tertiary/aromatic N) is 1. The van der Waals surface area contributed by atoms with Gasteiger partial charge in [0.05, 0.1) is 7.11 Å². The molecule has 0 bridgehead atoms. The third-order valence-electron chi connectivity index (χ3n) is 1.62. The molecule has 1 rings (SSSR count). The zero-order valence-corrected chi connectivity index (χ0v) is 7.33. The molecular weight excluding hydrogens is 194 g/mol. The van der Waals surface area contributed by atoms with Gasteiger partial charge in [0.2, 0.25) is 0 Å². The molecule has 6 heteroatoms. The summed E-state index contributed by atoms with van der Waals surface area (Å²) >= 11 is 0. The molecule has 0 aromatic carbocycles. The van der Waals surface area contributed by atoms with Gasteiger partial charge in [0.15, 0.2) is 6.29 Å². The van der Waals surface area contributed by atoms with E-state index >= 15 is 0 Å². The highest BCUT2D eigenvalue weighted by Crippen LogP contribution is 2.30. The quantitative estimate of drug-likeness (QED) is 0.753. The Balaban J connectivity index is 3.34. The predicted molar refractivity (Wildman–Crippen MR) is 45.5 cm³/mol. The van der Waals surface area contributed by atoms with Crippen molar-refractivity contribution in [3.8, 4) is 5.75 Å². The van der Waals surface area contributed by atoms with Gasteiger partial charge in [-0.25, -0.2) is 13.8 Å². The number of anilines is 1. The standard InChI is InChI=1S/C8H8F2N2O2/c1-14-5-2-4(3-13)12-7(6(5)11)8(9)10/h2-3,8H,11H2,1H3. The Morgan fingerprint density at radius 1 is 1.64 bits per heavy atom. The summed E-state index contributed by atoms with van der Waals surface area (Å²) in [5, 5.41) is 0. The van der Waals surface area contributed by atoms with Crippen molar-refractivity contribution in [3.63, 3.8) is 0 Å². The molecule has 4 nitrogen and oxygen atoms in total. The fourth-order valence-corrected chi connectivity index (χ4v) is 0.965. The zero-order chi connectivity index (χ0) is 10.7. The van der Waals surface area contributed by atoms with E-state index in [1.807, 2.05) is 0 Å². The minimum atomic E-state index is -2.83. The molecule has 2 N–H and O–H groups in total. The molecule has 0 spiro atoms. The Labute approximate surface area is 78.7 Å². The summed E-state index contributed by atoms with van der Waals surface area (Å²) in [6.45, 7) is 0. The van der Waals surface area contributed by atoms with Crippen LogP contribution in [-0.4, -0.2) is 18.4 Å². The lowest BCUT2D eigenvalue weighted by Gasteiger charge is -2.09. The number of aldehydes is 1. The first-order valence-corrected chi connectivity index (χ1v) is 3.68. The van der Waals surface area contributed by atoms with E-state index in [9.17, 15) is 13.6 Å². The van der Waals surface area contributed by atoms with Gasteiger partial charge < -0.3 is 10.5 Å². The number of rotatable bonds is 3. The molecule has 0 atom stereocenters. The van der Waals surface area contributed by atoms with E-state index in [1.165, 1.54) is 13.2 Å². The van der Waals surface area contributed by atoms with Crippen molar-refractivity contribution in [1.29, 1.82) is 0 Å². The van der Waals surface area contributed by atoms with Gasteiger partial charge in [0.25, 0.3) is 6.43 Å². The Hall–Kier alpha value is -1.72. The molecule has 76 valence electrons. The number of ether oxygens (including phenoxy) is 1. The number of nitrogen functional groups attached to an aromatic ring is 1. The Kier molecular flexibility index (Phi) is 2.95. The van der Waals surface area contributed by atoms with Crippen LogP contribution >= 0.6 is 0 Å². The van der Waals surface area contributed by atoms with E-state index in [-0.39, 0.29) is 17.1 Å². The highest BCUT2D eigenvalue weighted by atomic mass is 19.3. The number of hydrogen-bond donors (Lipinski definition) is 1. The van der Waals surface area contributed by atoms with Crippen LogP contribution in [0.5, 0.6) is 5.75 Å². The monoisotopic (exact) mass is 202 g/mol. The van der Waals surface area contributed by atoms with Crippen molar-refractivity contribution < 1.29 is 18.3 Å². The number of hydrogen-bond acceptors (Lipinski definition) is 4. The van der Waals surface area contributed by atoms with E-state index in [4.69, 9.17) is 10.5 Å². The maximum Gasteiger partial charge on any atom is 0.282 e. The number of carbonyl (C=O) groups excluding carboxylic acids is 1. The topological polar surface area (TPSA) is 65.2 Å². The molecule has 1 aromatic heterocycles. The van der Waals surface area contributed by atoms with Crippen LogP contribution in [0.25, 0.3) is 0 Å². The largest absolute Gasteiger partial charge is 0.494 e. The van der Waals surface area contributed by atoms with Crippen LogP contribution in [0.4, 0.5) is 14.5 Å². The molecule has 0 unspecified atom stereocenters. The molecule has 0 aliphatic carbocycles. The summed E-state index contributed by atoms with van der Waals surface area (Å²) in [7, 11) is 1.27. The molecule has 0 saturated heterocycles. The second kappa shape index (κ2) is 3.99. The Morgan fingerprint density at radius 2 is 2.29 bits per heavy atom. The fraction of sp³-hybridized carbons (Fsp3) is 0.250. The first-order valence-electron chi connectivity index (χ1n) is 3.68. The molecule has 0 amide bonds. The number of pyridine rings is 1. The van der Waals surface area contributed by atoms with Crippen LogP contribution in [0.15, 0.2) is 6.07 Å². The maximum absolute atomic E-state index is 12.3. The highest BCUT2D eigenvalue weighted by molar-refractivity contribution is 5.75. The molecule has 1 heterocycles. The maximum atomic E-state index is 12.3. The van der Waals surface area contributed by atoms with Gasteiger partial charge in [-0.1, -0.05) is 0 Å². The molecular formula is C8H8F2N2O2. The number of methoxy groups -OCH3 is 1. The summed E-state index contributed by atoms with van der Waals surface area (Å²) in [6, 6.07) is 1.20. The summed E-state index contributed by atoms with van der Waals surface area (Å²) in [5.74, 6) is 0.0254. The highest BCUT2D eigenvalue weighted by Gasteiger charge is 2.18. The Morgan fingerprint density at radius 3 is 2.71 bits per heavy atom. The summed E-state index contributed by atoms with van der Waals surface area (Å²) in [5.41, 5.74) is 4.33. The number of aromatic nitrogens is 1. The van der Waals surface area contributed by atoms with Crippen LogP contribution in [0.2, 0.25) is 0 Å². The lowest BCUT2D eigenvalue weighted by molar-refractivity contribution is 0.111. The Bertz CT molecular complexity index is 355. The second-order valence-electron chi connectivity index (χ2n) is 2.47. The van der Waals surface area contributed by atoms with E-state index < -0.39 is 12.1 Å². The average Bonchev–Trinajstić information content (AvgIpc) is 2.17. The van der Waals surface area contributed by atoms with E-state index in [0.29, 0.717) is 6.29 Å². The van der Waals surface area contributed by atoms with Crippen LogP contribution in [0, 0.1) is 0 Å². The van der Waals surface area contributed by atoms with Gasteiger partial charge in [0.1, 0.15) is 22.8 Å². The SMILES string of the molecule is COc1cc(C=O)nc(C(F)F)c1N. The van der Waals surface area contributed by atoms with E-state index in [0.717, 1.165) is 0 Å². The van der Waals surface area contributed by atoms with E-state index in [2.05, 4.69) is 4.98 Å². The van der Waals surface area contributed by atoms with Crippen molar-refractivity contribution >= 4 is 12.0 Å². The molecule has 0 saturated carbocycles. The third kappa shape index (κ3) is 1.78. The second-order valence-corrected chi connectivity index (χ2v) is 2.47. The normalized spacial score (nSPS) is 10.3. The lowest BCUT2D eigenvalue weighted by atomic mass is 10.2. The summed E-state index contributed by atoms with van der Waals surface area (Å²) in [6.07, 6.45) is -2.47. The minimum Gasteiger partial charge on any atom is -0.494 e. The molecule has 0 aliphatic heterocycles. The molecule has 0 radical (unpaired) electrons. The first kappa shape index (κ1) is 10.4. The number of halogens is 2. The van der Waals surface area contributed by atoms with E-state index in [1.54, 1.807) is 0 Å². The number of nitrogens with two attached hydrogens (primary N) is 1. The van der Waals surface area contributed by atoms with Gasteiger partial charge in [-0.15, -0.1) is 0 Å². The number of carbonyl (C=O) groups is 1. The fourth-order valence-electron chi connectivity index (χ4n) is 0.965. The van der Waals surface area contributed by atoms with Crippen LogP contribution < -0.4 is 10.5 Å². The van der Waals surface area contributed by atoms with Crippen LogP contribution in [-0.2, 0) is 0 Å². The summed E-state index contributed by atoms with van der Waals surface area (Å²) in [4.78, 5) is 13.7. The van der Waals surface area contributed by atoms with Crippen molar-refractivity contribution in [3.05, 3.63) is 17.5 Å². The van der Waals surface area contributed by atoms with Gasteiger partial charge >= 0.3 is 0 Å². The van der Waals surface area contributed by atoms with Gasteiger partial charge in [0, 0.05) is 6.07 Å². The van der Waals surface area contributed by atoms with Crippen LogP contribution in [0.3, 0.4) is 0 Å². The zero-order valence-electron chi connectivity index (χ0n) is 7.33. The number of alkyl halides is 2. The van der Waals surface area contributed by atoms with Gasteiger partial charge in [-0.05, 0) is 0 Å². The predicted octanol–water partition coefficient (Wildman–Crippen LogP) is 1.42. The molecule has 1 aromatic rings. The van der Waals surface area contributed by atoms with Crippen molar-refractivity contribution in [2.24, 2.45) is 0 Å². The first-order chi connectivity index (χ1) is 6.60. The average molecular weight is 202 g/mol. The van der Waals surface area contributed by atoms with Crippen molar-refractivity contribution in [1.82, 2.24) is 4.98 Å². The van der Waals surface area contributed by atoms with Crippen molar-refractivity contribution in [2.75, 3.05) is 12.8 Å². The van der Waals surface area contributed by atoms with Crippen molar-refractivity contribution in [2.45, 2.75) is 6.43 Å². The van der Waals surface area contributed by atoms with Gasteiger partial charge in [-0.3, -0.25) is 4.79 Å². The smallest absolute Gasteiger partial charge is 0.282 e. The van der Waals surface area contributed by atoms with Gasteiger partial charge in [-0.2, -0.15) is 0 Å². The van der Waals surface area contributed by atoms with Crippen LogP contribution in [0.1, 0.15) is 22.6 Å².